The number of hydrogen-bond acceptors (Lipinski definition) is 9. The van der Waals surface area contributed by atoms with Crippen molar-refractivity contribution in [1.29, 1.82) is 0 Å². The van der Waals surface area contributed by atoms with Crippen molar-refractivity contribution in [2.75, 3.05) is 0 Å². The summed E-state index contributed by atoms with van der Waals surface area (Å²) >= 11 is 0. The monoisotopic (exact) mass is 399 g/mol. The van der Waals surface area contributed by atoms with Crippen LogP contribution in [0, 0.1) is 17.0 Å². The Bertz CT molecular complexity index is 959. The molecule has 0 radical (unpaired) electrons. The van der Waals surface area contributed by atoms with E-state index in [1.54, 1.807) is 19.1 Å². The molecular formula is C15H17N3O8S. The molecule has 0 spiro atoms. The van der Waals surface area contributed by atoms with Gasteiger partial charge in [-0.3, -0.25) is 0 Å². The highest BCUT2D eigenvalue weighted by Gasteiger charge is 2.52. The van der Waals surface area contributed by atoms with Gasteiger partial charge in [-0.15, -0.1) is 0 Å². The van der Waals surface area contributed by atoms with Crippen LogP contribution in [0.3, 0.4) is 0 Å². The largest absolute Gasteiger partial charge is 0.432 e. The summed E-state index contributed by atoms with van der Waals surface area (Å²) < 4.78 is 30.7. The summed E-state index contributed by atoms with van der Waals surface area (Å²) in [6.07, 6.45) is -5.32. The third kappa shape index (κ3) is 3.33. The minimum atomic E-state index is -4.30. The van der Waals surface area contributed by atoms with Gasteiger partial charge in [0.2, 0.25) is 9.84 Å². The number of sulfone groups is 1. The van der Waals surface area contributed by atoms with E-state index < -0.39 is 50.6 Å². The van der Waals surface area contributed by atoms with Crippen molar-refractivity contribution in [2.24, 2.45) is 0 Å². The molecule has 1 unspecified atom stereocenters. The Hall–Kier alpha value is -2.38. The van der Waals surface area contributed by atoms with Gasteiger partial charge in [0.05, 0.1) is 4.90 Å². The number of aromatic nitrogens is 2. The molecule has 1 aromatic heterocycles. The van der Waals surface area contributed by atoms with Crippen molar-refractivity contribution in [3.63, 3.8) is 0 Å². The maximum absolute atomic E-state index is 12.7. The molecule has 0 aliphatic carbocycles. The lowest BCUT2D eigenvalue weighted by molar-refractivity contribution is -0.393. The minimum absolute atomic E-state index is 0.101. The van der Waals surface area contributed by atoms with Crippen molar-refractivity contribution < 1.29 is 33.4 Å². The zero-order chi connectivity index (χ0) is 19.9. The lowest BCUT2D eigenvalue weighted by Crippen LogP contribution is -2.42. The number of aliphatic hydroxyl groups excluding tert-OH is 3. The lowest BCUT2D eigenvalue weighted by Gasteiger charge is -2.21. The predicted molar refractivity (Wildman–Crippen MR) is 89.2 cm³/mol. The molecule has 146 valence electrons. The number of aliphatic hydroxyl groups is 3. The Labute approximate surface area is 153 Å². The van der Waals surface area contributed by atoms with E-state index in [0.29, 0.717) is 5.56 Å². The third-order valence-corrected chi connectivity index (χ3v) is 6.32. The van der Waals surface area contributed by atoms with Crippen LogP contribution < -0.4 is 0 Å². The second-order valence-corrected chi connectivity index (χ2v) is 8.12. The van der Waals surface area contributed by atoms with Gasteiger partial charge < -0.3 is 30.2 Å². The number of aromatic amines is 1. The summed E-state index contributed by atoms with van der Waals surface area (Å²) in [6, 6.07) is 5.97. The van der Waals surface area contributed by atoms with Crippen LogP contribution in [0.1, 0.15) is 17.4 Å². The molecule has 12 heteroatoms. The molecule has 3 rings (SSSR count). The van der Waals surface area contributed by atoms with Gasteiger partial charge in [-0.2, -0.15) is 0 Å². The Kier molecular flexibility index (Phi) is 5.01. The maximum atomic E-state index is 12.7. The van der Waals surface area contributed by atoms with Crippen molar-refractivity contribution in [3.05, 3.63) is 51.8 Å². The Morgan fingerprint density at radius 2 is 1.96 bits per heavy atom. The Morgan fingerprint density at radius 1 is 1.30 bits per heavy atom. The molecule has 11 nitrogen and oxygen atoms in total. The van der Waals surface area contributed by atoms with E-state index in [-0.39, 0.29) is 10.6 Å². The van der Waals surface area contributed by atoms with Crippen LogP contribution in [0.15, 0.2) is 35.4 Å². The number of aryl methyl sites for hydroxylation is 1. The fraction of sp³-hybridized carbons (Fsp3) is 0.400. The number of ether oxygens (including phenoxy) is 1. The van der Waals surface area contributed by atoms with Crippen LogP contribution in [0.5, 0.6) is 0 Å². The van der Waals surface area contributed by atoms with Gasteiger partial charge in [0.25, 0.3) is 0 Å². The van der Waals surface area contributed by atoms with Crippen LogP contribution in [0.2, 0.25) is 0 Å². The lowest BCUT2D eigenvalue weighted by atomic mass is 10.1. The molecule has 0 saturated carbocycles. The van der Waals surface area contributed by atoms with E-state index in [1.807, 2.05) is 0 Å². The zero-order valence-electron chi connectivity index (χ0n) is 14.0. The van der Waals surface area contributed by atoms with Crippen LogP contribution in [-0.4, -0.2) is 62.4 Å². The summed E-state index contributed by atoms with van der Waals surface area (Å²) in [5.41, 5.74) is -1.87. The Balaban J connectivity index is 1.88. The second kappa shape index (κ2) is 6.98. The van der Waals surface area contributed by atoms with Gasteiger partial charge in [0.15, 0.2) is 11.1 Å². The highest BCUT2D eigenvalue weighted by atomic mass is 32.2. The maximum Gasteiger partial charge on any atom is 0.432 e. The molecule has 2 heterocycles. The fourth-order valence-electron chi connectivity index (χ4n) is 2.93. The molecule has 2 aromatic rings. The van der Waals surface area contributed by atoms with Crippen molar-refractivity contribution >= 4 is 15.8 Å². The Morgan fingerprint density at radius 3 is 2.56 bits per heavy atom. The van der Waals surface area contributed by atoms with E-state index in [4.69, 9.17) is 4.74 Å². The number of hydrogen-bond donors (Lipinski definition) is 4. The highest BCUT2D eigenvalue weighted by molar-refractivity contribution is 7.92. The van der Waals surface area contributed by atoms with Crippen LogP contribution in [-0.2, 0) is 14.6 Å². The van der Waals surface area contributed by atoms with Gasteiger partial charge in [-0.25, -0.2) is 13.4 Å². The molecule has 1 aromatic carbocycles. The van der Waals surface area contributed by atoms with Crippen LogP contribution in [0.4, 0.5) is 5.95 Å². The smallest absolute Gasteiger partial charge is 0.390 e. The molecule has 4 N–H and O–H groups in total. The third-order valence-electron chi connectivity index (χ3n) is 4.35. The first kappa shape index (κ1) is 19.4. The van der Waals surface area contributed by atoms with Gasteiger partial charge >= 0.3 is 5.95 Å². The van der Waals surface area contributed by atoms with E-state index in [2.05, 4.69) is 9.97 Å². The number of H-pyrrole nitrogens is 1. The molecule has 1 aliphatic heterocycles. The van der Waals surface area contributed by atoms with E-state index in [9.17, 15) is 33.9 Å². The first-order valence-electron chi connectivity index (χ1n) is 7.83. The quantitative estimate of drug-likeness (QED) is 0.384. The summed E-state index contributed by atoms with van der Waals surface area (Å²) in [4.78, 5) is 15.7. The fourth-order valence-corrected chi connectivity index (χ4v) is 4.55. The van der Waals surface area contributed by atoms with Crippen molar-refractivity contribution in [1.82, 2.24) is 9.97 Å². The van der Waals surface area contributed by atoms with Gasteiger partial charge in [0.1, 0.15) is 30.6 Å². The standard InChI is InChI=1S/C15H17N3O8S/c1-7-4-2-3-5-9(7)27(24,25)14(21)13-11(20)10(19)12(26-13)8-6-16-15(17-8)18(22)23/h2-6,10-14,19-21H,1H3,(H,16,17)/t10-,11-,12+,13-,14?/m0/s1. The molecule has 1 fully saturated rings. The molecule has 1 aliphatic rings. The number of benzene rings is 1. The van der Waals surface area contributed by atoms with E-state index >= 15 is 0 Å². The highest BCUT2D eigenvalue weighted by Crippen LogP contribution is 2.37. The summed E-state index contributed by atoms with van der Waals surface area (Å²) in [6.45, 7) is 1.55. The van der Waals surface area contributed by atoms with Gasteiger partial charge in [-0.05, 0) is 23.5 Å². The normalized spacial score (nSPS) is 26.8. The van der Waals surface area contributed by atoms with Crippen molar-refractivity contribution in [2.45, 2.75) is 41.7 Å². The SMILES string of the molecule is Cc1ccccc1S(=O)(=O)C(O)[C@H]1O[C@H](c2c[nH]c([N+](=O)[O-])n2)[C@@H](O)[C@@H]1O. The first-order chi connectivity index (χ1) is 12.6. The zero-order valence-corrected chi connectivity index (χ0v) is 14.8. The molecule has 0 amide bonds. The molecule has 27 heavy (non-hydrogen) atoms. The minimum Gasteiger partial charge on any atom is -0.390 e. The average molecular weight is 399 g/mol. The van der Waals surface area contributed by atoms with Crippen molar-refractivity contribution in [3.8, 4) is 0 Å². The second-order valence-electron chi connectivity index (χ2n) is 6.11. The summed E-state index contributed by atoms with van der Waals surface area (Å²) in [5.74, 6) is -0.605. The summed E-state index contributed by atoms with van der Waals surface area (Å²) in [5, 5.41) is 41.4. The topological polar surface area (TPSA) is 176 Å². The van der Waals surface area contributed by atoms with E-state index in [1.165, 1.54) is 12.1 Å². The number of imidazole rings is 1. The summed E-state index contributed by atoms with van der Waals surface area (Å²) in [7, 11) is -4.30. The molecule has 5 atom stereocenters. The number of nitrogens with one attached hydrogen (secondary N) is 1. The molecular weight excluding hydrogens is 382 g/mol. The van der Waals surface area contributed by atoms with Gasteiger partial charge in [0, 0.05) is 0 Å². The van der Waals surface area contributed by atoms with Crippen LogP contribution in [0.25, 0.3) is 0 Å². The number of nitro groups is 1. The molecule has 1 saturated heterocycles. The molecule has 0 bridgehead atoms. The first-order valence-corrected chi connectivity index (χ1v) is 9.38. The van der Waals surface area contributed by atoms with Crippen LogP contribution >= 0.6 is 0 Å². The van der Waals surface area contributed by atoms with Gasteiger partial charge in [-0.1, -0.05) is 23.2 Å². The predicted octanol–water partition coefficient (Wildman–Crippen LogP) is -0.420. The number of nitrogens with zero attached hydrogens (tertiary/aromatic N) is 2. The average Bonchev–Trinajstić information content (AvgIpc) is 3.21. The van der Waals surface area contributed by atoms with E-state index in [0.717, 1.165) is 6.20 Å². The number of rotatable bonds is 5.